The summed E-state index contributed by atoms with van der Waals surface area (Å²) in [5.41, 5.74) is 3.36. The van der Waals surface area contributed by atoms with Crippen molar-refractivity contribution in [2.45, 2.75) is 33.1 Å². The van der Waals surface area contributed by atoms with Crippen LogP contribution in [0.4, 0.5) is 5.69 Å². The minimum atomic E-state index is -0.0741. The summed E-state index contributed by atoms with van der Waals surface area (Å²) >= 11 is 3.93. The largest absolute Gasteiger partial charge is 0.325 e. The molecule has 0 aliphatic heterocycles. The first-order chi connectivity index (χ1) is 7.34. The first-order valence-electron chi connectivity index (χ1n) is 5.36. The molecule has 1 aromatic rings. The third kappa shape index (κ3) is 3.27. The number of anilines is 1. The van der Waals surface area contributed by atoms with Crippen LogP contribution < -0.4 is 5.32 Å². The maximum atomic E-state index is 11.2. The fourth-order valence-corrected chi connectivity index (χ4v) is 1.54. The zero-order valence-electron chi connectivity index (χ0n) is 10.3. The Labute approximate surface area is 103 Å². The molecule has 1 N–H and O–H groups in total. The lowest BCUT2D eigenvalue weighted by Gasteiger charge is -2.20. The summed E-state index contributed by atoms with van der Waals surface area (Å²) in [5, 5.41) is 2.82. The lowest BCUT2D eigenvalue weighted by atomic mass is 9.86. The molecular weight excluding hydrogens is 218 g/mol. The van der Waals surface area contributed by atoms with E-state index in [1.165, 1.54) is 5.56 Å². The predicted molar refractivity (Wildman–Crippen MR) is 72.4 cm³/mol. The van der Waals surface area contributed by atoms with Crippen LogP contribution >= 0.6 is 12.6 Å². The Morgan fingerprint density at radius 1 is 1.38 bits per heavy atom. The summed E-state index contributed by atoms with van der Waals surface area (Å²) in [7, 11) is 0. The summed E-state index contributed by atoms with van der Waals surface area (Å²) in [6.45, 7) is 8.53. The summed E-state index contributed by atoms with van der Waals surface area (Å²) in [4.78, 5) is 11.2. The zero-order valence-corrected chi connectivity index (χ0v) is 11.2. The van der Waals surface area contributed by atoms with Gasteiger partial charge < -0.3 is 5.32 Å². The van der Waals surface area contributed by atoms with Gasteiger partial charge >= 0.3 is 0 Å². The number of carbonyl (C=O) groups is 1. The van der Waals surface area contributed by atoms with Crippen molar-refractivity contribution in [2.75, 3.05) is 11.1 Å². The number of benzene rings is 1. The maximum absolute atomic E-state index is 11.2. The number of carbonyl (C=O) groups excluding carboxylic acids is 1. The quantitative estimate of drug-likeness (QED) is 0.760. The third-order valence-corrected chi connectivity index (χ3v) is 2.80. The van der Waals surface area contributed by atoms with Gasteiger partial charge in [0.15, 0.2) is 0 Å². The average Bonchev–Trinajstić information content (AvgIpc) is 2.19. The number of amides is 1. The first kappa shape index (κ1) is 13.1. The van der Waals surface area contributed by atoms with Gasteiger partial charge in [0.05, 0.1) is 5.75 Å². The lowest BCUT2D eigenvalue weighted by molar-refractivity contribution is -0.113. The monoisotopic (exact) mass is 237 g/mol. The second-order valence-corrected chi connectivity index (χ2v) is 5.30. The highest BCUT2D eigenvalue weighted by molar-refractivity contribution is 7.81. The van der Waals surface area contributed by atoms with Gasteiger partial charge in [0.1, 0.15) is 0 Å². The molecule has 0 spiro atoms. The minimum Gasteiger partial charge on any atom is -0.325 e. The fraction of sp³-hybridized carbons (Fsp3) is 0.462. The van der Waals surface area contributed by atoms with Crippen molar-refractivity contribution in [3.05, 3.63) is 29.3 Å². The number of aryl methyl sites for hydroxylation is 1. The molecule has 2 nitrogen and oxygen atoms in total. The Bertz CT molecular complexity index is 393. The van der Waals surface area contributed by atoms with Crippen LogP contribution in [0.3, 0.4) is 0 Å². The minimum absolute atomic E-state index is 0.0741. The molecule has 0 bridgehead atoms. The van der Waals surface area contributed by atoms with Gasteiger partial charge in [-0.25, -0.2) is 0 Å². The molecule has 16 heavy (non-hydrogen) atoms. The van der Waals surface area contributed by atoms with E-state index in [0.29, 0.717) is 0 Å². The van der Waals surface area contributed by atoms with Crippen molar-refractivity contribution >= 4 is 24.2 Å². The van der Waals surface area contributed by atoms with Crippen molar-refractivity contribution in [1.29, 1.82) is 0 Å². The fourth-order valence-electron chi connectivity index (χ4n) is 1.46. The number of thiol groups is 1. The second-order valence-electron chi connectivity index (χ2n) is 4.99. The molecule has 0 atom stereocenters. The van der Waals surface area contributed by atoms with E-state index in [1.54, 1.807) is 0 Å². The number of rotatable bonds is 2. The van der Waals surface area contributed by atoms with Gasteiger partial charge in [-0.05, 0) is 29.5 Å². The van der Waals surface area contributed by atoms with Crippen LogP contribution in [-0.4, -0.2) is 11.7 Å². The van der Waals surface area contributed by atoms with Gasteiger partial charge in [-0.3, -0.25) is 4.79 Å². The highest BCUT2D eigenvalue weighted by Crippen LogP contribution is 2.26. The molecule has 1 rings (SSSR count). The van der Waals surface area contributed by atoms with Crippen molar-refractivity contribution in [1.82, 2.24) is 0 Å². The second kappa shape index (κ2) is 4.91. The van der Waals surface area contributed by atoms with E-state index in [4.69, 9.17) is 0 Å². The smallest absolute Gasteiger partial charge is 0.234 e. The van der Waals surface area contributed by atoms with Crippen molar-refractivity contribution in [3.63, 3.8) is 0 Å². The molecular formula is C13H19NOS. The third-order valence-electron chi connectivity index (χ3n) is 2.51. The SMILES string of the molecule is Cc1cc(C(C)(C)C)ccc1NC(=O)CS. The molecule has 0 heterocycles. The standard InChI is InChI=1S/C13H19NOS/c1-9-7-10(13(2,3)4)5-6-11(9)14-12(15)8-16/h5-7,16H,8H2,1-4H3,(H,14,15). The van der Waals surface area contributed by atoms with Crippen LogP contribution in [0.2, 0.25) is 0 Å². The molecule has 0 saturated heterocycles. The first-order valence-corrected chi connectivity index (χ1v) is 5.99. The van der Waals surface area contributed by atoms with E-state index in [0.717, 1.165) is 11.3 Å². The highest BCUT2D eigenvalue weighted by Gasteiger charge is 2.14. The number of nitrogens with one attached hydrogen (secondary N) is 1. The van der Waals surface area contributed by atoms with Crippen LogP contribution in [-0.2, 0) is 10.2 Å². The number of hydrogen-bond acceptors (Lipinski definition) is 2. The van der Waals surface area contributed by atoms with E-state index < -0.39 is 0 Å². The van der Waals surface area contributed by atoms with E-state index in [2.05, 4.69) is 50.8 Å². The molecule has 3 heteroatoms. The summed E-state index contributed by atoms with van der Waals surface area (Å²) in [6.07, 6.45) is 0. The summed E-state index contributed by atoms with van der Waals surface area (Å²) in [5.74, 6) is 0.135. The molecule has 0 saturated carbocycles. The zero-order chi connectivity index (χ0) is 12.3. The molecule has 0 aliphatic rings. The Morgan fingerprint density at radius 2 is 2.00 bits per heavy atom. The van der Waals surface area contributed by atoms with Gasteiger partial charge in [0, 0.05) is 5.69 Å². The van der Waals surface area contributed by atoms with Crippen LogP contribution in [0.25, 0.3) is 0 Å². The Morgan fingerprint density at radius 3 is 2.44 bits per heavy atom. The molecule has 88 valence electrons. The molecule has 0 aliphatic carbocycles. The Hall–Kier alpha value is -0.960. The average molecular weight is 237 g/mol. The number of hydrogen-bond donors (Lipinski definition) is 2. The predicted octanol–water partition coefficient (Wildman–Crippen LogP) is 3.16. The molecule has 1 aromatic carbocycles. The van der Waals surface area contributed by atoms with Gasteiger partial charge in [-0.15, -0.1) is 0 Å². The molecule has 0 radical (unpaired) electrons. The highest BCUT2D eigenvalue weighted by atomic mass is 32.1. The lowest BCUT2D eigenvalue weighted by Crippen LogP contribution is -2.15. The van der Waals surface area contributed by atoms with Gasteiger partial charge in [-0.1, -0.05) is 32.9 Å². The van der Waals surface area contributed by atoms with Gasteiger partial charge in [0.2, 0.25) is 5.91 Å². The molecule has 0 aromatic heterocycles. The molecule has 0 fully saturated rings. The van der Waals surface area contributed by atoms with E-state index in [9.17, 15) is 4.79 Å². The van der Waals surface area contributed by atoms with Crippen LogP contribution in [0.1, 0.15) is 31.9 Å². The Balaban J connectivity index is 2.96. The van der Waals surface area contributed by atoms with E-state index in [-0.39, 0.29) is 17.1 Å². The van der Waals surface area contributed by atoms with Crippen molar-refractivity contribution in [3.8, 4) is 0 Å². The van der Waals surface area contributed by atoms with E-state index >= 15 is 0 Å². The molecule has 0 unspecified atom stereocenters. The van der Waals surface area contributed by atoms with Crippen LogP contribution in [0, 0.1) is 6.92 Å². The van der Waals surface area contributed by atoms with Gasteiger partial charge in [0.25, 0.3) is 0 Å². The topological polar surface area (TPSA) is 29.1 Å². The van der Waals surface area contributed by atoms with Crippen molar-refractivity contribution < 1.29 is 4.79 Å². The van der Waals surface area contributed by atoms with Crippen molar-refractivity contribution in [2.24, 2.45) is 0 Å². The molecule has 1 amide bonds. The Kier molecular flexibility index (Phi) is 4.03. The van der Waals surface area contributed by atoms with Crippen LogP contribution in [0.5, 0.6) is 0 Å². The summed E-state index contributed by atoms with van der Waals surface area (Å²) in [6, 6.07) is 6.13. The normalized spacial score (nSPS) is 11.3. The van der Waals surface area contributed by atoms with E-state index in [1.807, 2.05) is 13.0 Å². The van der Waals surface area contributed by atoms with Crippen LogP contribution in [0.15, 0.2) is 18.2 Å². The maximum Gasteiger partial charge on any atom is 0.234 e. The summed E-state index contributed by atoms with van der Waals surface area (Å²) < 4.78 is 0. The van der Waals surface area contributed by atoms with Gasteiger partial charge in [-0.2, -0.15) is 12.6 Å².